The third kappa shape index (κ3) is 8.68. The van der Waals surface area contributed by atoms with Gasteiger partial charge in [-0.2, -0.15) is 0 Å². The van der Waals surface area contributed by atoms with Crippen molar-refractivity contribution < 1.29 is 9.53 Å². The summed E-state index contributed by atoms with van der Waals surface area (Å²) in [5.41, 5.74) is 5.40. The van der Waals surface area contributed by atoms with Crippen LogP contribution in [0, 0.1) is 5.92 Å². The number of amides is 1. The first kappa shape index (κ1) is 15.4. The van der Waals surface area contributed by atoms with Crippen molar-refractivity contribution in [3.8, 4) is 0 Å². The van der Waals surface area contributed by atoms with Crippen molar-refractivity contribution in [1.82, 2.24) is 5.32 Å². The lowest BCUT2D eigenvalue weighted by Gasteiger charge is -2.12. The fourth-order valence-corrected chi connectivity index (χ4v) is 1.33. The Morgan fingerprint density at radius 2 is 2.00 bits per heavy atom. The van der Waals surface area contributed by atoms with Crippen molar-refractivity contribution in [2.24, 2.45) is 11.7 Å². The molecule has 0 aliphatic rings. The maximum absolute atomic E-state index is 11.6. The first-order chi connectivity index (χ1) is 7.57. The van der Waals surface area contributed by atoms with E-state index < -0.39 is 0 Å². The number of ether oxygens (including phenoxy) is 1. The molecule has 96 valence electrons. The minimum Gasteiger partial charge on any atom is -0.379 e. The molecule has 0 saturated carbocycles. The number of carbonyl (C=O) groups excluding carboxylic acids is 1. The maximum atomic E-state index is 11.6. The van der Waals surface area contributed by atoms with E-state index in [0.29, 0.717) is 19.7 Å². The molecule has 4 heteroatoms. The van der Waals surface area contributed by atoms with E-state index in [2.05, 4.69) is 5.32 Å². The Balaban J connectivity index is 3.42. The molecule has 0 heterocycles. The van der Waals surface area contributed by atoms with E-state index in [-0.39, 0.29) is 17.9 Å². The second-order valence-electron chi connectivity index (χ2n) is 4.40. The standard InChI is InChI=1S/C12H26N2O2/c1-10(2)16-9-5-8-14-12(15)11(3)6-4-7-13/h10-11H,4-9,13H2,1-3H3,(H,14,15). The summed E-state index contributed by atoms with van der Waals surface area (Å²) in [6, 6.07) is 0. The Labute approximate surface area is 98.9 Å². The van der Waals surface area contributed by atoms with Crippen LogP contribution in [0.2, 0.25) is 0 Å². The Morgan fingerprint density at radius 3 is 2.56 bits per heavy atom. The van der Waals surface area contributed by atoms with Gasteiger partial charge in [-0.25, -0.2) is 0 Å². The van der Waals surface area contributed by atoms with Gasteiger partial charge in [-0.15, -0.1) is 0 Å². The lowest BCUT2D eigenvalue weighted by molar-refractivity contribution is -0.124. The van der Waals surface area contributed by atoms with Crippen LogP contribution in [0.3, 0.4) is 0 Å². The minimum atomic E-state index is 0.0644. The van der Waals surface area contributed by atoms with Crippen molar-refractivity contribution in [2.45, 2.75) is 46.1 Å². The Kier molecular flexibility index (Phi) is 9.24. The summed E-state index contributed by atoms with van der Waals surface area (Å²) >= 11 is 0. The number of hydrogen-bond donors (Lipinski definition) is 2. The highest BCUT2D eigenvalue weighted by atomic mass is 16.5. The van der Waals surface area contributed by atoms with Gasteiger partial charge in [0.15, 0.2) is 0 Å². The average Bonchev–Trinajstić information content (AvgIpc) is 2.24. The molecular weight excluding hydrogens is 204 g/mol. The van der Waals surface area contributed by atoms with E-state index in [1.807, 2.05) is 20.8 Å². The zero-order valence-corrected chi connectivity index (χ0v) is 10.8. The van der Waals surface area contributed by atoms with Crippen LogP contribution in [0.25, 0.3) is 0 Å². The molecule has 0 spiro atoms. The zero-order chi connectivity index (χ0) is 12.4. The molecule has 3 N–H and O–H groups in total. The lowest BCUT2D eigenvalue weighted by atomic mass is 10.1. The van der Waals surface area contributed by atoms with Gasteiger partial charge in [0, 0.05) is 19.1 Å². The third-order valence-electron chi connectivity index (χ3n) is 2.36. The number of carbonyl (C=O) groups is 1. The first-order valence-electron chi connectivity index (χ1n) is 6.17. The van der Waals surface area contributed by atoms with Crippen LogP contribution < -0.4 is 11.1 Å². The second kappa shape index (κ2) is 9.60. The van der Waals surface area contributed by atoms with Gasteiger partial charge in [-0.1, -0.05) is 6.92 Å². The summed E-state index contributed by atoms with van der Waals surface area (Å²) in [5, 5.41) is 2.91. The number of nitrogens with two attached hydrogens (primary N) is 1. The molecule has 0 aromatic carbocycles. The Bertz CT molecular complexity index is 184. The highest BCUT2D eigenvalue weighted by molar-refractivity contribution is 5.78. The number of nitrogens with one attached hydrogen (secondary N) is 1. The monoisotopic (exact) mass is 230 g/mol. The van der Waals surface area contributed by atoms with E-state index in [1.54, 1.807) is 0 Å². The largest absolute Gasteiger partial charge is 0.379 e. The van der Waals surface area contributed by atoms with Crippen molar-refractivity contribution in [3.63, 3.8) is 0 Å². The van der Waals surface area contributed by atoms with Gasteiger partial charge in [-0.05, 0) is 39.7 Å². The fraction of sp³-hybridized carbons (Fsp3) is 0.917. The van der Waals surface area contributed by atoms with Gasteiger partial charge in [0.1, 0.15) is 0 Å². The zero-order valence-electron chi connectivity index (χ0n) is 10.8. The van der Waals surface area contributed by atoms with Crippen molar-refractivity contribution in [2.75, 3.05) is 19.7 Å². The highest BCUT2D eigenvalue weighted by Gasteiger charge is 2.10. The van der Waals surface area contributed by atoms with E-state index in [0.717, 1.165) is 19.3 Å². The molecule has 1 amide bonds. The molecule has 0 aromatic heterocycles. The predicted molar refractivity (Wildman–Crippen MR) is 66.2 cm³/mol. The maximum Gasteiger partial charge on any atom is 0.222 e. The second-order valence-corrected chi connectivity index (χ2v) is 4.40. The summed E-state index contributed by atoms with van der Waals surface area (Å²) in [4.78, 5) is 11.6. The van der Waals surface area contributed by atoms with Gasteiger partial charge in [0.2, 0.25) is 5.91 Å². The van der Waals surface area contributed by atoms with Crippen LogP contribution in [0.15, 0.2) is 0 Å². The molecule has 0 aromatic rings. The van der Waals surface area contributed by atoms with E-state index in [4.69, 9.17) is 10.5 Å². The van der Waals surface area contributed by atoms with E-state index >= 15 is 0 Å². The summed E-state index contributed by atoms with van der Waals surface area (Å²) in [6.07, 6.45) is 2.91. The van der Waals surface area contributed by atoms with Crippen LogP contribution in [0.5, 0.6) is 0 Å². The first-order valence-corrected chi connectivity index (χ1v) is 6.17. The molecule has 0 rings (SSSR count). The van der Waals surface area contributed by atoms with Crippen LogP contribution in [0.4, 0.5) is 0 Å². The number of hydrogen-bond acceptors (Lipinski definition) is 3. The molecule has 0 aliphatic heterocycles. The van der Waals surface area contributed by atoms with Crippen molar-refractivity contribution >= 4 is 5.91 Å². The van der Waals surface area contributed by atoms with Crippen molar-refractivity contribution in [3.05, 3.63) is 0 Å². The fourth-order valence-electron chi connectivity index (χ4n) is 1.33. The van der Waals surface area contributed by atoms with Gasteiger partial charge < -0.3 is 15.8 Å². The normalized spacial score (nSPS) is 12.8. The minimum absolute atomic E-state index is 0.0644. The summed E-state index contributed by atoms with van der Waals surface area (Å²) in [6.45, 7) is 8.00. The average molecular weight is 230 g/mol. The third-order valence-corrected chi connectivity index (χ3v) is 2.36. The van der Waals surface area contributed by atoms with E-state index in [1.165, 1.54) is 0 Å². The molecule has 0 radical (unpaired) electrons. The molecule has 1 unspecified atom stereocenters. The number of rotatable bonds is 9. The molecular formula is C12H26N2O2. The lowest BCUT2D eigenvalue weighted by Crippen LogP contribution is -2.31. The van der Waals surface area contributed by atoms with Crippen LogP contribution in [0.1, 0.15) is 40.0 Å². The van der Waals surface area contributed by atoms with Gasteiger partial charge >= 0.3 is 0 Å². The summed E-state index contributed by atoms with van der Waals surface area (Å²) < 4.78 is 5.38. The van der Waals surface area contributed by atoms with Crippen molar-refractivity contribution in [1.29, 1.82) is 0 Å². The SMILES string of the molecule is CC(C)OCCCNC(=O)C(C)CCCN. The quantitative estimate of drug-likeness (QED) is 0.587. The molecule has 16 heavy (non-hydrogen) atoms. The van der Waals surface area contributed by atoms with Gasteiger partial charge in [-0.3, -0.25) is 4.79 Å². The van der Waals surface area contributed by atoms with Crippen LogP contribution in [-0.2, 0) is 9.53 Å². The van der Waals surface area contributed by atoms with Gasteiger partial charge in [0.05, 0.1) is 6.10 Å². The molecule has 0 aliphatic carbocycles. The van der Waals surface area contributed by atoms with Crippen LogP contribution in [-0.4, -0.2) is 31.7 Å². The molecule has 0 fully saturated rings. The Morgan fingerprint density at radius 1 is 1.31 bits per heavy atom. The smallest absolute Gasteiger partial charge is 0.222 e. The van der Waals surface area contributed by atoms with E-state index in [9.17, 15) is 4.79 Å². The molecule has 4 nitrogen and oxygen atoms in total. The van der Waals surface area contributed by atoms with Gasteiger partial charge in [0.25, 0.3) is 0 Å². The molecule has 0 saturated heterocycles. The van der Waals surface area contributed by atoms with Crippen LogP contribution >= 0.6 is 0 Å². The molecule has 0 bridgehead atoms. The summed E-state index contributed by atoms with van der Waals surface area (Å²) in [5.74, 6) is 0.188. The topological polar surface area (TPSA) is 64.3 Å². The highest BCUT2D eigenvalue weighted by Crippen LogP contribution is 2.04. The Hall–Kier alpha value is -0.610. The predicted octanol–water partition coefficient (Wildman–Crippen LogP) is 1.29. The summed E-state index contributed by atoms with van der Waals surface area (Å²) in [7, 11) is 0. The molecule has 1 atom stereocenters.